The third kappa shape index (κ3) is 3.48. The van der Waals surface area contributed by atoms with Crippen LogP contribution in [0.3, 0.4) is 0 Å². The number of hydrogen-bond acceptors (Lipinski definition) is 2. The number of halogens is 2. The maximum Gasteiger partial charge on any atom is 0.329 e. The SMILES string of the molecule is O=C1NC(=Cc2ccc(Br)cc2)C(=O)N1Cc1ccc(F)cc1. The van der Waals surface area contributed by atoms with Crippen molar-refractivity contribution in [2.45, 2.75) is 6.54 Å². The normalized spacial score (nSPS) is 16.1. The summed E-state index contributed by atoms with van der Waals surface area (Å²) in [6.07, 6.45) is 1.62. The van der Waals surface area contributed by atoms with Crippen molar-refractivity contribution < 1.29 is 14.0 Å². The van der Waals surface area contributed by atoms with E-state index in [2.05, 4.69) is 21.2 Å². The maximum absolute atomic E-state index is 12.9. The lowest BCUT2D eigenvalue weighted by Gasteiger charge is -2.11. The standard InChI is InChI=1S/C17H12BrFN2O2/c18-13-5-1-11(2-6-13)9-15-16(22)21(17(23)20-15)10-12-3-7-14(19)8-4-12/h1-9H,10H2,(H,20,23). The van der Waals surface area contributed by atoms with Gasteiger partial charge in [-0.05, 0) is 41.5 Å². The Morgan fingerprint density at radius 2 is 1.70 bits per heavy atom. The largest absolute Gasteiger partial charge is 0.329 e. The van der Waals surface area contributed by atoms with Crippen LogP contribution in [0.15, 0.2) is 58.7 Å². The minimum Gasteiger partial charge on any atom is -0.303 e. The van der Waals surface area contributed by atoms with E-state index in [4.69, 9.17) is 0 Å². The molecule has 1 aliphatic rings. The monoisotopic (exact) mass is 374 g/mol. The molecule has 0 saturated carbocycles. The highest BCUT2D eigenvalue weighted by atomic mass is 79.9. The Bertz CT molecular complexity index is 785. The van der Waals surface area contributed by atoms with Gasteiger partial charge in [0.05, 0.1) is 6.54 Å². The molecule has 6 heteroatoms. The summed E-state index contributed by atoms with van der Waals surface area (Å²) in [6.45, 7) is 0.0998. The molecule has 3 rings (SSSR count). The number of hydrogen-bond donors (Lipinski definition) is 1. The lowest BCUT2D eigenvalue weighted by atomic mass is 10.2. The van der Waals surface area contributed by atoms with Gasteiger partial charge >= 0.3 is 6.03 Å². The van der Waals surface area contributed by atoms with Crippen LogP contribution in [0.1, 0.15) is 11.1 Å². The van der Waals surface area contributed by atoms with Gasteiger partial charge in [0.1, 0.15) is 11.5 Å². The van der Waals surface area contributed by atoms with Gasteiger partial charge in [0.15, 0.2) is 0 Å². The molecule has 0 radical (unpaired) electrons. The average Bonchev–Trinajstić information content (AvgIpc) is 2.79. The molecule has 0 aromatic heterocycles. The number of benzene rings is 2. The van der Waals surface area contributed by atoms with Crippen LogP contribution in [0.25, 0.3) is 6.08 Å². The van der Waals surface area contributed by atoms with Gasteiger partial charge in [0.2, 0.25) is 0 Å². The highest BCUT2D eigenvalue weighted by Crippen LogP contribution is 2.18. The minimum atomic E-state index is -0.484. The Balaban J connectivity index is 1.79. The van der Waals surface area contributed by atoms with E-state index in [1.807, 2.05) is 24.3 Å². The van der Waals surface area contributed by atoms with Gasteiger partial charge in [0.25, 0.3) is 5.91 Å². The quantitative estimate of drug-likeness (QED) is 0.657. The fourth-order valence-corrected chi connectivity index (χ4v) is 2.48. The van der Waals surface area contributed by atoms with Crippen molar-refractivity contribution in [2.75, 3.05) is 0 Å². The highest BCUT2D eigenvalue weighted by molar-refractivity contribution is 9.10. The predicted molar refractivity (Wildman–Crippen MR) is 87.6 cm³/mol. The number of rotatable bonds is 3. The van der Waals surface area contributed by atoms with Crippen LogP contribution >= 0.6 is 15.9 Å². The Morgan fingerprint density at radius 3 is 2.35 bits per heavy atom. The molecule has 0 atom stereocenters. The van der Waals surface area contributed by atoms with Crippen LogP contribution in [0.2, 0.25) is 0 Å². The smallest absolute Gasteiger partial charge is 0.303 e. The fourth-order valence-electron chi connectivity index (χ4n) is 2.21. The lowest BCUT2D eigenvalue weighted by Crippen LogP contribution is -2.30. The molecule has 2 aromatic rings. The fraction of sp³-hybridized carbons (Fsp3) is 0.0588. The molecule has 0 unspecified atom stereocenters. The molecule has 116 valence electrons. The molecular formula is C17H12BrFN2O2. The number of nitrogens with zero attached hydrogens (tertiary/aromatic N) is 1. The van der Waals surface area contributed by atoms with Crippen molar-refractivity contribution in [1.29, 1.82) is 0 Å². The van der Waals surface area contributed by atoms with Crippen LogP contribution < -0.4 is 5.32 Å². The molecule has 4 nitrogen and oxygen atoms in total. The molecule has 3 amide bonds. The van der Waals surface area contributed by atoms with Crippen LogP contribution in [0.4, 0.5) is 9.18 Å². The Labute approximate surface area is 140 Å². The first-order valence-corrected chi connectivity index (χ1v) is 7.67. The summed E-state index contributed by atoms with van der Waals surface area (Å²) < 4.78 is 13.8. The van der Waals surface area contributed by atoms with E-state index in [0.29, 0.717) is 5.56 Å². The molecule has 23 heavy (non-hydrogen) atoms. The van der Waals surface area contributed by atoms with Gasteiger partial charge in [-0.1, -0.05) is 40.2 Å². The topological polar surface area (TPSA) is 49.4 Å². The first kappa shape index (κ1) is 15.4. The second-order valence-electron chi connectivity index (χ2n) is 5.06. The minimum absolute atomic E-state index is 0.0998. The van der Waals surface area contributed by atoms with E-state index in [1.54, 1.807) is 18.2 Å². The molecule has 2 aromatic carbocycles. The Kier molecular flexibility index (Phi) is 4.25. The molecule has 0 bridgehead atoms. The zero-order valence-corrected chi connectivity index (χ0v) is 13.5. The summed E-state index contributed by atoms with van der Waals surface area (Å²) in [7, 11) is 0. The lowest BCUT2D eigenvalue weighted by molar-refractivity contribution is -0.123. The Morgan fingerprint density at radius 1 is 1.04 bits per heavy atom. The third-order valence-corrected chi connectivity index (χ3v) is 3.93. The summed E-state index contributed by atoms with van der Waals surface area (Å²) in [5.41, 5.74) is 1.71. The van der Waals surface area contributed by atoms with Gasteiger partial charge < -0.3 is 5.32 Å². The summed E-state index contributed by atoms with van der Waals surface area (Å²) in [4.78, 5) is 25.4. The van der Waals surface area contributed by atoms with Gasteiger partial charge in [0, 0.05) is 4.47 Å². The molecule has 1 heterocycles. The van der Waals surface area contributed by atoms with Crippen molar-refractivity contribution in [3.8, 4) is 0 Å². The van der Waals surface area contributed by atoms with Gasteiger partial charge in [-0.3, -0.25) is 9.69 Å². The van der Waals surface area contributed by atoms with E-state index >= 15 is 0 Å². The van der Waals surface area contributed by atoms with E-state index in [-0.39, 0.29) is 18.1 Å². The van der Waals surface area contributed by atoms with E-state index in [1.165, 1.54) is 12.1 Å². The zero-order valence-electron chi connectivity index (χ0n) is 11.9. The summed E-state index contributed by atoms with van der Waals surface area (Å²) in [5, 5.41) is 2.56. The van der Waals surface area contributed by atoms with E-state index in [0.717, 1.165) is 14.9 Å². The number of carbonyl (C=O) groups excluding carboxylic acids is 2. The Hall–Kier alpha value is -2.47. The zero-order chi connectivity index (χ0) is 16.4. The van der Waals surface area contributed by atoms with Gasteiger partial charge in [-0.15, -0.1) is 0 Å². The number of urea groups is 1. The molecule has 0 aliphatic carbocycles. The van der Waals surface area contributed by atoms with Crippen molar-refractivity contribution in [2.24, 2.45) is 0 Å². The first-order chi connectivity index (χ1) is 11.0. The van der Waals surface area contributed by atoms with Crippen LogP contribution in [-0.2, 0) is 11.3 Å². The maximum atomic E-state index is 12.9. The van der Waals surface area contributed by atoms with Crippen LogP contribution in [0, 0.1) is 5.82 Å². The molecule has 1 aliphatic heterocycles. The van der Waals surface area contributed by atoms with Crippen LogP contribution in [0.5, 0.6) is 0 Å². The number of nitrogens with one attached hydrogen (secondary N) is 1. The second kappa shape index (κ2) is 6.34. The number of carbonyl (C=O) groups is 2. The molecule has 1 fully saturated rings. The summed E-state index contributed by atoms with van der Waals surface area (Å²) in [5.74, 6) is -0.760. The molecule has 1 saturated heterocycles. The average molecular weight is 375 g/mol. The third-order valence-electron chi connectivity index (χ3n) is 3.40. The molecular weight excluding hydrogens is 363 g/mol. The highest BCUT2D eigenvalue weighted by Gasteiger charge is 2.33. The van der Waals surface area contributed by atoms with Crippen molar-refractivity contribution >= 4 is 33.9 Å². The van der Waals surface area contributed by atoms with Crippen molar-refractivity contribution in [3.63, 3.8) is 0 Å². The summed E-state index contributed by atoms with van der Waals surface area (Å²) in [6, 6.07) is 12.6. The van der Waals surface area contributed by atoms with Crippen molar-refractivity contribution in [1.82, 2.24) is 10.2 Å². The molecule has 0 spiro atoms. The predicted octanol–water partition coefficient (Wildman–Crippen LogP) is 3.68. The first-order valence-electron chi connectivity index (χ1n) is 6.87. The van der Waals surface area contributed by atoms with Crippen LogP contribution in [-0.4, -0.2) is 16.8 Å². The van der Waals surface area contributed by atoms with Crippen molar-refractivity contribution in [3.05, 3.63) is 75.6 Å². The van der Waals surface area contributed by atoms with E-state index in [9.17, 15) is 14.0 Å². The molecule has 1 N–H and O–H groups in total. The van der Waals surface area contributed by atoms with Gasteiger partial charge in [-0.2, -0.15) is 0 Å². The second-order valence-corrected chi connectivity index (χ2v) is 5.97. The number of amides is 3. The van der Waals surface area contributed by atoms with Gasteiger partial charge in [-0.25, -0.2) is 9.18 Å². The summed E-state index contributed by atoms with van der Waals surface area (Å²) >= 11 is 3.34. The van der Waals surface area contributed by atoms with E-state index < -0.39 is 11.9 Å². The number of imide groups is 1.